The average Bonchev–Trinajstić information content (AvgIpc) is 2.81. The van der Waals surface area contributed by atoms with Crippen molar-refractivity contribution in [3.63, 3.8) is 0 Å². The van der Waals surface area contributed by atoms with Crippen LogP contribution in [0.4, 0.5) is 5.82 Å². The molecular formula is C10H12ClN5O. The number of hydrogen-bond donors (Lipinski definition) is 1. The van der Waals surface area contributed by atoms with Gasteiger partial charge in [0.05, 0.1) is 0 Å². The molecule has 2 aromatic rings. The van der Waals surface area contributed by atoms with Gasteiger partial charge in [-0.2, -0.15) is 4.98 Å². The lowest BCUT2D eigenvalue weighted by molar-refractivity contribution is 0.379. The number of aryl methyl sites for hydroxylation is 1. The zero-order valence-electron chi connectivity index (χ0n) is 9.35. The molecule has 6 nitrogen and oxygen atoms in total. The van der Waals surface area contributed by atoms with E-state index < -0.39 is 0 Å². The van der Waals surface area contributed by atoms with Crippen LogP contribution in [0.5, 0.6) is 0 Å². The maximum Gasteiger partial charge on any atom is 0.228 e. The molecule has 7 heteroatoms. The van der Waals surface area contributed by atoms with E-state index in [9.17, 15) is 0 Å². The Morgan fingerprint density at radius 1 is 1.41 bits per heavy atom. The molecule has 0 fully saturated rings. The molecule has 17 heavy (non-hydrogen) atoms. The molecule has 0 bridgehead atoms. The molecule has 0 spiro atoms. The fourth-order valence-electron chi connectivity index (χ4n) is 1.32. The second-order valence-electron chi connectivity index (χ2n) is 3.36. The Morgan fingerprint density at radius 2 is 2.29 bits per heavy atom. The lowest BCUT2D eigenvalue weighted by atomic mass is 10.4. The predicted octanol–water partition coefficient (Wildman–Crippen LogP) is 1.73. The zero-order chi connectivity index (χ0) is 12.1. The molecule has 0 aliphatic heterocycles. The van der Waals surface area contributed by atoms with Crippen molar-refractivity contribution in [1.29, 1.82) is 0 Å². The maximum atomic E-state index is 5.88. The number of hydrogen-bond acceptors (Lipinski definition) is 6. The van der Waals surface area contributed by atoms with E-state index in [1.807, 2.05) is 6.92 Å². The molecule has 0 atom stereocenters. The summed E-state index contributed by atoms with van der Waals surface area (Å²) in [7, 11) is 0. The Balaban J connectivity index is 1.92. The molecule has 0 aliphatic rings. The highest BCUT2D eigenvalue weighted by molar-refractivity contribution is 6.29. The van der Waals surface area contributed by atoms with Gasteiger partial charge < -0.3 is 9.84 Å². The summed E-state index contributed by atoms with van der Waals surface area (Å²) < 4.78 is 4.88. The first-order valence-corrected chi connectivity index (χ1v) is 5.68. The van der Waals surface area contributed by atoms with Crippen LogP contribution in [0, 0.1) is 0 Å². The van der Waals surface area contributed by atoms with Gasteiger partial charge in [0.2, 0.25) is 5.89 Å². The quantitative estimate of drug-likeness (QED) is 0.818. The van der Waals surface area contributed by atoms with E-state index in [2.05, 4.69) is 25.4 Å². The minimum atomic E-state index is 0.442. The lowest BCUT2D eigenvalue weighted by Crippen LogP contribution is -2.08. The Hall–Kier alpha value is -1.69. The van der Waals surface area contributed by atoms with Gasteiger partial charge in [-0.25, -0.2) is 9.97 Å². The first-order valence-electron chi connectivity index (χ1n) is 5.31. The zero-order valence-corrected chi connectivity index (χ0v) is 10.1. The first-order chi connectivity index (χ1) is 8.28. The Kier molecular flexibility index (Phi) is 3.87. The molecule has 0 unspecified atom stereocenters. The fourth-order valence-corrected chi connectivity index (χ4v) is 1.52. The highest BCUT2D eigenvalue weighted by Gasteiger charge is 2.03. The van der Waals surface area contributed by atoms with E-state index in [0.29, 0.717) is 29.8 Å². The molecule has 90 valence electrons. The van der Waals surface area contributed by atoms with Crippen molar-refractivity contribution in [3.8, 4) is 0 Å². The van der Waals surface area contributed by atoms with Gasteiger partial charge >= 0.3 is 0 Å². The van der Waals surface area contributed by atoms with Gasteiger partial charge in [0, 0.05) is 25.5 Å². The molecule has 2 aromatic heterocycles. The van der Waals surface area contributed by atoms with Crippen LogP contribution in [-0.2, 0) is 12.8 Å². The molecule has 0 aromatic carbocycles. The second-order valence-corrected chi connectivity index (χ2v) is 3.74. The van der Waals surface area contributed by atoms with Gasteiger partial charge in [-0.05, 0) is 0 Å². The summed E-state index contributed by atoms with van der Waals surface area (Å²) in [4.78, 5) is 12.3. The van der Waals surface area contributed by atoms with Crippen molar-refractivity contribution < 1.29 is 4.52 Å². The third-order valence-electron chi connectivity index (χ3n) is 2.11. The van der Waals surface area contributed by atoms with Crippen molar-refractivity contribution in [2.75, 3.05) is 11.9 Å². The van der Waals surface area contributed by atoms with Crippen LogP contribution < -0.4 is 5.32 Å². The molecule has 1 N–H and O–H groups in total. The van der Waals surface area contributed by atoms with Crippen LogP contribution in [0.1, 0.15) is 18.6 Å². The van der Waals surface area contributed by atoms with E-state index in [0.717, 1.165) is 12.2 Å². The number of anilines is 1. The Labute approximate surface area is 103 Å². The summed E-state index contributed by atoms with van der Waals surface area (Å²) in [6.45, 7) is 2.63. The number of halogens is 1. The van der Waals surface area contributed by atoms with Gasteiger partial charge in [-0.3, -0.25) is 0 Å². The number of nitrogens with zero attached hydrogens (tertiary/aromatic N) is 4. The normalized spacial score (nSPS) is 10.5. The SMILES string of the molecule is CCc1nc(Cl)cc(NCCc2ncno2)n1. The predicted molar refractivity (Wildman–Crippen MR) is 62.9 cm³/mol. The topological polar surface area (TPSA) is 76.7 Å². The molecule has 0 radical (unpaired) electrons. The number of nitrogens with one attached hydrogen (secondary N) is 1. The standard InChI is InChI=1S/C10H12ClN5O/c1-2-8-15-7(11)5-9(16-8)12-4-3-10-13-6-14-17-10/h5-6H,2-4H2,1H3,(H,12,15,16). The molecule has 0 saturated heterocycles. The molecule has 0 amide bonds. The summed E-state index contributed by atoms with van der Waals surface area (Å²) in [5, 5.41) is 7.11. The molecular weight excluding hydrogens is 242 g/mol. The smallest absolute Gasteiger partial charge is 0.228 e. The van der Waals surface area contributed by atoms with Crippen LogP contribution in [0.2, 0.25) is 5.15 Å². The van der Waals surface area contributed by atoms with E-state index in [-0.39, 0.29) is 0 Å². The fraction of sp³-hybridized carbons (Fsp3) is 0.400. The van der Waals surface area contributed by atoms with Crippen molar-refractivity contribution >= 4 is 17.4 Å². The highest BCUT2D eigenvalue weighted by atomic mass is 35.5. The maximum absolute atomic E-state index is 5.88. The number of rotatable bonds is 5. The van der Waals surface area contributed by atoms with Crippen molar-refractivity contribution in [3.05, 3.63) is 29.3 Å². The Morgan fingerprint density at radius 3 is 3.00 bits per heavy atom. The Bertz CT molecular complexity index is 474. The molecule has 0 aliphatic carbocycles. The summed E-state index contributed by atoms with van der Waals surface area (Å²) in [5.74, 6) is 2.02. The van der Waals surface area contributed by atoms with Crippen LogP contribution in [0.15, 0.2) is 16.9 Å². The lowest BCUT2D eigenvalue weighted by Gasteiger charge is -2.05. The molecule has 0 saturated carbocycles. The summed E-state index contributed by atoms with van der Waals surface area (Å²) in [6.07, 6.45) is 2.77. The second kappa shape index (κ2) is 5.58. The van der Waals surface area contributed by atoms with Crippen LogP contribution in [0.25, 0.3) is 0 Å². The van der Waals surface area contributed by atoms with Gasteiger partial charge in [0.25, 0.3) is 0 Å². The summed E-state index contributed by atoms with van der Waals surface area (Å²) in [5.41, 5.74) is 0. The van der Waals surface area contributed by atoms with Crippen molar-refractivity contribution in [2.24, 2.45) is 0 Å². The third-order valence-corrected chi connectivity index (χ3v) is 2.30. The van der Waals surface area contributed by atoms with E-state index in [1.165, 1.54) is 6.33 Å². The highest BCUT2D eigenvalue weighted by Crippen LogP contribution is 2.11. The van der Waals surface area contributed by atoms with Gasteiger partial charge in [0.1, 0.15) is 16.8 Å². The monoisotopic (exact) mass is 253 g/mol. The third kappa shape index (κ3) is 3.39. The molecule has 2 heterocycles. The van der Waals surface area contributed by atoms with Crippen molar-refractivity contribution in [2.45, 2.75) is 19.8 Å². The van der Waals surface area contributed by atoms with Crippen LogP contribution in [-0.4, -0.2) is 26.7 Å². The average molecular weight is 254 g/mol. The molecule has 2 rings (SSSR count). The van der Waals surface area contributed by atoms with Crippen LogP contribution >= 0.6 is 11.6 Å². The van der Waals surface area contributed by atoms with Crippen LogP contribution in [0.3, 0.4) is 0 Å². The van der Waals surface area contributed by atoms with E-state index in [4.69, 9.17) is 16.1 Å². The minimum Gasteiger partial charge on any atom is -0.369 e. The summed E-state index contributed by atoms with van der Waals surface area (Å²) in [6, 6.07) is 1.69. The minimum absolute atomic E-state index is 0.442. The summed E-state index contributed by atoms with van der Waals surface area (Å²) >= 11 is 5.88. The first kappa shape index (κ1) is 11.8. The van der Waals surface area contributed by atoms with Crippen molar-refractivity contribution in [1.82, 2.24) is 20.1 Å². The van der Waals surface area contributed by atoms with Gasteiger partial charge in [0.15, 0.2) is 6.33 Å². The largest absolute Gasteiger partial charge is 0.369 e. The van der Waals surface area contributed by atoms with Gasteiger partial charge in [-0.15, -0.1) is 0 Å². The van der Waals surface area contributed by atoms with E-state index in [1.54, 1.807) is 6.07 Å². The number of aromatic nitrogens is 4. The van der Waals surface area contributed by atoms with Gasteiger partial charge in [-0.1, -0.05) is 23.7 Å². The van der Waals surface area contributed by atoms with E-state index >= 15 is 0 Å².